The number of carbonyl (C=O) groups is 1. The number of halogens is 2. The molecule has 0 saturated heterocycles. The summed E-state index contributed by atoms with van der Waals surface area (Å²) >= 11 is 11.8. The Kier molecular flexibility index (Phi) is 5.95. The minimum atomic E-state index is -0.509. The van der Waals surface area contributed by atoms with E-state index in [-0.39, 0.29) is 5.91 Å². The molecule has 0 aromatic heterocycles. The maximum absolute atomic E-state index is 11.6. The molecule has 106 valence electrons. The summed E-state index contributed by atoms with van der Waals surface area (Å²) in [6.45, 7) is 6.45. The van der Waals surface area contributed by atoms with Crippen molar-refractivity contribution in [2.75, 3.05) is 20.2 Å². The zero-order valence-corrected chi connectivity index (χ0v) is 13.2. The first-order valence-electron chi connectivity index (χ1n) is 6.11. The number of benzene rings is 1. The number of rotatable bonds is 5. The highest BCUT2D eigenvalue weighted by Crippen LogP contribution is 2.25. The monoisotopic (exact) mass is 303 g/mol. The second-order valence-corrected chi connectivity index (χ2v) is 5.63. The molecule has 5 heteroatoms. The van der Waals surface area contributed by atoms with E-state index in [2.05, 4.69) is 0 Å². The molecule has 0 N–H and O–H groups in total. The molecule has 1 unspecified atom stereocenters. The average Bonchev–Trinajstić information content (AvgIpc) is 2.34. The Bertz CT molecular complexity index is 438. The van der Waals surface area contributed by atoms with Gasteiger partial charge in [0.05, 0.1) is 6.54 Å². The molecule has 0 heterocycles. The van der Waals surface area contributed by atoms with E-state index in [9.17, 15) is 4.79 Å². The van der Waals surface area contributed by atoms with Gasteiger partial charge in [-0.3, -0.25) is 4.79 Å². The molecule has 0 aliphatic rings. The molecule has 0 fully saturated rings. The third kappa shape index (κ3) is 4.59. The van der Waals surface area contributed by atoms with E-state index in [0.29, 0.717) is 13.2 Å². The van der Waals surface area contributed by atoms with Crippen molar-refractivity contribution in [2.24, 2.45) is 0 Å². The van der Waals surface area contributed by atoms with Crippen molar-refractivity contribution < 1.29 is 9.53 Å². The van der Waals surface area contributed by atoms with Crippen molar-refractivity contribution in [3.63, 3.8) is 0 Å². The number of aryl methyl sites for hydroxylation is 2. The Morgan fingerprint density at radius 3 is 2.37 bits per heavy atom. The van der Waals surface area contributed by atoms with Gasteiger partial charge >= 0.3 is 0 Å². The molecule has 0 radical (unpaired) electrons. The summed E-state index contributed by atoms with van der Waals surface area (Å²) < 4.78 is 5.63. The first kappa shape index (κ1) is 16.1. The summed E-state index contributed by atoms with van der Waals surface area (Å²) in [7, 11) is 1.71. The Hall–Kier alpha value is -0.930. The van der Waals surface area contributed by atoms with Crippen LogP contribution in [0.1, 0.15) is 18.1 Å². The fourth-order valence-electron chi connectivity index (χ4n) is 1.70. The van der Waals surface area contributed by atoms with Crippen LogP contribution in [-0.4, -0.2) is 36.4 Å². The molecule has 3 nitrogen and oxygen atoms in total. The molecule has 1 amide bonds. The topological polar surface area (TPSA) is 29.5 Å². The molecule has 0 spiro atoms. The average molecular weight is 304 g/mol. The fraction of sp³-hybridized carbons (Fsp3) is 0.500. The van der Waals surface area contributed by atoms with Crippen LogP contribution in [0.15, 0.2) is 12.1 Å². The van der Waals surface area contributed by atoms with Gasteiger partial charge in [0.1, 0.15) is 17.7 Å². The molecular weight excluding hydrogens is 285 g/mol. The summed E-state index contributed by atoms with van der Waals surface area (Å²) in [6, 6.07) is 3.78. The number of hydrogen-bond acceptors (Lipinski definition) is 2. The third-order valence-corrected chi connectivity index (χ3v) is 3.60. The number of nitrogens with zero attached hydrogens (tertiary/aromatic N) is 1. The first-order chi connectivity index (χ1) is 8.82. The minimum absolute atomic E-state index is 0.103. The predicted molar refractivity (Wildman–Crippen MR) is 79.4 cm³/mol. The summed E-state index contributed by atoms with van der Waals surface area (Å²) in [4.78, 5) is 13.1. The van der Waals surface area contributed by atoms with Crippen LogP contribution >= 0.6 is 23.2 Å². The van der Waals surface area contributed by atoms with Crippen molar-refractivity contribution in [3.8, 4) is 5.75 Å². The summed E-state index contributed by atoms with van der Waals surface area (Å²) in [5.74, 6) is 0.660. The molecule has 1 rings (SSSR count). The molecule has 0 aliphatic heterocycles. The van der Waals surface area contributed by atoms with Gasteiger partial charge < -0.3 is 9.64 Å². The van der Waals surface area contributed by atoms with Gasteiger partial charge in [-0.15, -0.1) is 11.6 Å². The van der Waals surface area contributed by atoms with Gasteiger partial charge in [-0.2, -0.15) is 0 Å². The van der Waals surface area contributed by atoms with Crippen molar-refractivity contribution in [3.05, 3.63) is 28.3 Å². The molecule has 1 aromatic rings. The summed E-state index contributed by atoms with van der Waals surface area (Å²) in [5, 5.41) is 0.251. The van der Waals surface area contributed by atoms with Gasteiger partial charge in [0.15, 0.2) is 0 Å². The zero-order chi connectivity index (χ0) is 14.6. The molecule has 19 heavy (non-hydrogen) atoms. The Morgan fingerprint density at radius 2 is 1.89 bits per heavy atom. The van der Waals surface area contributed by atoms with Gasteiger partial charge in [0, 0.05) is 12.1 Å². The number of likely N-dealkylation sites (N-methyl/N-ethyl adjacent to an activating group) is 1. The van der Waals surface area contributed by atoms with Crippen LogP contribution in [-0.2, 0) is 4.79 Å². The highest BCUT2D eigenvalue weighted by atomic mass is 35.5. The SMILES string of the molecule is Cc1cc(OCCN(C)C(=O)C(C)Cl)cc(C)c1Cl. The van der Waals surface area contributed by atoms with Gasteiger partial charge in [-0.25, -0.2) is 0 Å². The lowest BCUT2D eigenvalue weighted by Crippen LogP contribution is -2.35. The Balaban J connectivity index is 2.52. The second-order valence-electron chi connectivity index (χ2n) is 4.60. The highest BCUT2D eigenvalue weighted by molar-refractivity contribution is 6.32. The summed E-state index contributed by atoms with van der Waals surface area (Å²) in [5.41, 5.74) is 1.96. The number of carbonyl (C=O) groups excluding carboxylic acids is 1. The second kappa shape index (κ2) is 7.01. The zero-order valence-electron chi connectivity index (χ0n) is 11.7. The molecule has 0 aliphatic carbocycles. The summed E-state index contributed by atoms with van der Waals surface area (Å²) in [6.07, 6.45) is 0. The largest absolute Gasteiger partial charge is 0.492 e. The van der Waals surface area contributed by atoms with Crippen LogP contribution in [0.5, 0.6) is 5.75 Å². The smallest absolute Gasteiger partial charge is 0.240 e. The van der Waals surface area contributed by atoms with E-state index in [4.69, 9.17) is 27.9 Å². The normalized spacial score (nSPS) is 12.1. The molecule has 0 bridgehead atoms. The number of hydrogen-bond donors (Lipinski definition) is 0. The van der Waals surface area contributed by atoms with E-state index in [1.54, 1.807) is 18.9 Å². The van der Waals surface area contributed by atoms with E-state index < -0.39 is 5.38 Å². The van der Waals surface area contributed by atoms with Gasteiger partial charge in [-0.1, -0.05) is 11.6 Å². The van der Waals surface area contributed by atoms with Crippen molar-refractivity contribution in [2.45, 2.75) is 26.1 Å². The van der Waals surface area contributed by atoms with E-state index in [0.717, 1.165) is 21.9 Å². The molecule has 1 atom stereocenters. The van der Waals surface area contributed by atoms with Crippen LogP contribution in [0.25, 0.3) is 0 Å². The maximum atomic E-state index is 11.6. The van der Waals surface area contributed by atoms with Crippen LogP contribution in [0.3, 0.4) is 0 Å². The van der Waals surface area contributed by atoms with Crippen LogP contribution < -0.4 is 4.74 Å². The van der Waals surface area contributed by atoms with Crippen molar-refractivity contribution in [1.82, 2.24) is 4.90 Å². The van der Waals surface area contributed by atoms with Crippen LogP contribution in [0.2, 0.25) is 5.02 Å². The van der Waals surface area contributed by atoms with E-state index in [1.807, 2.05) is 26.0 Å². The quantitative estimate of drug-likeness (QED) is 0.780. The Morgan fingerprint density at radius 1 is 1.37 bits per heavy atom. The lowest BCUT2D eigenvalue weighted by molar-refractivity contribution is -0.129. The lowest BCUT2D eigenvalue weighted by Gasteiger charge is -2.19. The molecule has 0 saturated carbocycles. The van der Waals surface area contributed by atoms with Crippen molar-refractivity contribution >= 4 is 29.1 Å². The molecular formula is C14H19Cl2NO2. The third-order valence-electron chi connectivity index (χ3n) is 2.82. The van der Waals surface area contributed by atoms with Gasteiger partial charge in [0.2, 0.25) is 5.91 Å². The maximum Gasteiger partial charge on any atom is 0.240 e. The standard InChI is InChI=1S/C14H19Cl2NO2/c1-9-7-12(8-10(2)13(9)16)19-6-5-17(4)14(18)11(3)15/h7-8,11H,5-6H2,1-4H3. The number of ether oxygens (including phenoxy) is 1. The van der Waals surface area contributed by atoms with Gasteiger partial charge in [0.25, 0.3) is 0 Å². The van der Waals surface area contributed by atoms with Crippen LogP contribution in [0, 0.1) is 13.8 Å². The fourth-order valence-corrected chi connectivity index (χ4v) is 1.98. The van der Waals surface area contributed by atoms with Crippen molar-refractivity contribution in [1.29, 1.82) is 0 Å². The number of amides is 1. The predicted octanol–water partition coefficient (Wildman–Crippen LogP) is 3.42. The number of alkyl halides is 1. The van der Waals surface area contributed by atoms with Gasteiger partial charge in [-0.05, 0) is 44.0 Å². The van der Waals surface area contributed by atoms with Crippen LogP contribution in [0.4, 0.5) is 0 Å². The first-order valence-corrected chi connectivity index (χ1v) is 6.93. The highest BCUT2D eigenvalue weighted by Gasteiger charge is 2.14. The minimum Gasteiger partial charge on any atom is -0.492 e. The molecule has 1 aromatic carbocycles. The Labute approximate surface area is 124 Å². The van der Waals surface area contributed by atoms with E-state index >= 15 is 0 Å². The van der Waals surface area contributed by atoms with E-state index in [1.165, 1.54) is 0 Å². The lowest BCUT2D eigenvalue weighted by atomic mass is 10.1.